The zero-order valence-corrected chi connectivity index (χ0v) is 10.4. The van der Waals surface area contributed by atoms with Crippen LogP contribution in [0, 0.1) is 13.5 Å². The van der Waals surface area contributed by atoms with Gasteiger partial charge in [-0.3, -0.25) is 4.79 Å². The lowest BCUT2D eigenvalue weighted by molar-refractivity contribution is 0.0966. The van der Waals surface area contributed by atoms with Gasteiger partial charge in [0.05, 0.1) is 6.54 Å². The summed E-state index contributed by atoms with van der Waals surface area (Å²) in [4.78, 5) is 17.0. The van der Waals surface area contributed by atoms with Crippen molar-refractivity contribution in [1.82, 2.24) is 4.90 Å². The number of Topliss-reactive ketones (excluding diaryl/α,β-unsaturated/α-hetero) is 1. The van der Waals surface area contributed by atoms with E-state index in [0.717, 1.165) is 36.3 Å². The lowest BCUT2D eigenvalue weighted by Gasteiger charge is -2.15. The Morgan fingerprint density at radius 1 is 1.44 bits per heavy atom. The van der Waals surface area contributed by atoms with Gasteiger partial charge in [-0.15, -0.1) is 4.95 Å². The summed E-state index contributed by atoms with van der Waals surface area (Å²) < 4.78 is 0. The summed E-state index contributed by atoms with van der Waals surface area (Å²) >= 11 is 0. The molecule has 2 rings (SSSR count). The number of nitrogens with zero attached hydrogens (tertiary/aromatic N) is 3. The predicted octanol–water partition coefficient (Wildman–Crippen LogP) is 2.51. The Hall–Kier alpha value is -2.15. The van der Waals surface area contributed by atoms with Gasteiger partial charge in [-0.1, -0.05) is 29.8 Å². The van der Waals surface area contributed by atoms with E-state index in [0.29, 0.717) is 6.54 Å². The number of likely N-dealkylation sites (tertiary alicyclic amines) is 1. The molecule has 0 amide bonds. The van der Waals surface area contributed by atoms with Crippen LogP contribution in [-0.4, -0.2) is 29.6 Å². The molecule has 0 aromatic heterocycles. The van der Waals surface area contributed by atoms with Crippen LogP contribution in [0.1, 0.15) is 28.8 Å². The van der Waals surface area contributed by atoms with Crippen LogP contribution in [0.2, 0.25) is 0 Å². The van der Waals surface area contributed by atoms with Gasteiger partial charge < -0.3 is 4.90 Å². The number of ketones is 1. The molecule has 92 valence electrons. The van der Waals surface area contributed by atoms with Gasteiger partial charge >= 0.3 is 0 Å². The molecule has 0 unspecified atom stereocenters. The molecule has 0 bridgehead atoms. The van der Waals surface area contributed by atoms with Crippen molar-refractivity contribution in [2.75, 3.05) is 13.1 Å². The molecule has 0 saturated carbocycles. The molecule has 0 aliphatic carbocycles. The molecule has 18 heavy (non-hydrogen) atoms. The molecule has 0 spiro atoms. The number of amidine groups is 1. The Labute approximate surface area is 107 Å². The first kappa shape index (κ1) is 12.3. The molecule has 1 fully saturated rings. The van der Waals surface area contributed by atoms with Gasteiger partial charge in [0.25, 0.3) is 0 Å². The smallest absolute Gasteiger partial charge is 0.188 e. The number of hydrogen-bond donors (Lipinski definition) is 0. The van der Waals surface area contributed by atoms with Gasteiger partial charge in [0.2, 0.25) is 0 Å². The SMILES string of the molecule is [C-]#[N+]/N=C1/CCCN1CC(=O)c1ccc(C)cc1. The maximum absolute atomic E-state index is 12.1. The largest absolute Gasteiger partial charge is 0.347 e. The van der Waals surface area contributed by atoms with Gasteiger partial charge in [-0.05, 0) is 13.3 Å². The third-order valence-electron chi connectivity index (χ3n) is 3.07. The number of hydrogen-bond acceptors (Lipinski definition) is 2. The maximum atomic E-state index is 12.1. The van der Waals surface area contributed by atoms with E-state index >= 15 is 0 Å². The average Bonchev–Trinajstić information content (AvgIpc) is 2.78. The average molecular weight is 241 g/mol. The number of aryl methyl sites for hydroxylation is 1. The third-order valence-corrected chi connectivity index (χ3v) is 3.07. The van der Waals surface area contributed by atoms with Gasteiger partial charge in [-0.25, -0.2) is 0 Å². The fourth-order valence-corrected chi connectivity index (χ4v) is 2.06. The molecular formula is C14H15N3O. The highest BCUT2D eigenvalue weighted by molar-refractivity contribution is 6.00. The van der Waals surface area contributed by atoms with Crippen LogP contribution in [0.25, 0.3) is 4.95 Å². The number of carbonyl (C=O) groups excluding carboxylic acids is 1. The quantitative estimate of drug-likeness (QED) is 0.463. The Kier molecular flexibility index (Phi) is 3.73. The highest BCUT2D eigenvalue weighted by atomic mass is 16.1. The van der Waals surface area contributed by atoms with Crippen LogP contribution in [0.15, 0.2) is 29.4 Å². The van der Waals surface area contributed by atoms with Crippen LogP contribution in [-0.2, 0) is 0 Å². The zero-order chi connectivity index (χ0) is 13.0. The van der Waals surface area contributed by atoms with E-state index < -0.39 is 0 Å². The Bertz CT molecular complexity index is 511. The molecule has 1 aliphatic heterocycles. The molecular weight excluding hydrogens is 226 g/mol. The zero-order valence-electron chi connectivity index (χ0n) is 10.4. The van der Waals surface area contributed by atoms with Gasteiger partial charge in [0.15, 0.2) is 11.6 Å². The Balaban J connectivity index is 2.06. The number of benzene rings is 1. The highest BCUT2D eigenvalue weighted by Crippen LogP contribution is 2.13. The first-order valence-electron chi connectivity index (χ1n) is 5.99. The number of carbonyl (C=O) groups is 1. The molecule has 1 heterocycles. The lowest BCUT2D eigenvalue weighted by Crippen LogP contribution is -2.30. The van der Waals surface area contributed by atoms with Crippen molar-refractivity contribution in [3.8, 4) is 0 Å². The van der Waals surface area contributed by atoms with E-state index in [1.807, 2.05) is 36.1 Å². The van der Waals surface area contributed by atoms with Crippen molar-refractivity contribution < 1.29 is 4.79 Å². The second-order valence-corrected chi connectivity index (χ2v) is 4.43. The normalized spacial score (nSPS) is 16.9. The molecule has 1 aromatic carbocycles. The first-order valence-corrected chi connectivity index (χ1v) is 5.99. The summed E-state index contributed by atoms with van der Waals surface area (Å²) in [6.45, 7) is 9.88. The lowest BCUT2D eigenvalue weighted by atomic mass is 10.1. The van der Waals surface area contributed by atoms with Crippen molar-refractivity contribution in [3.63, 3.8) is 0 Å². The van der Waals surface area contributed by atoms with Crippen LogP contribution < -0.4 is 0 Å². The van der Waals surface area contributed by atoms with Crippen molar-refractivity contribution in [2.24, 2.45) is 5.10 Å². The van der Waals surface area contributed by atoms with E-state index in [1.54, 1.807) is 0 Å². The second kappa shape index (κ2) is 5.46. The van der Waals surface area contributed by atoms with E-state index in [2.05, 4.69) is 10.1 Å². The van der Waals surface area contributed by atoms with Gasteiger partial charge in [0.1, 0.15) is 5.10 Å². The number of rotatable bonds is 3. The molecule has 0 N–H and O–H groups in total. The molecule has 0 radical (unpaired) electrons. The highest BCUT2D eigenvalue weighted by Gasteiger charge is 2.23. The fourth-order valence-electron chi connectivity index (χ4n) is 2.06. The molecule has 4 heteroatoms. The van der Waals surface area contributed by atoms with Gasteiger partial charge in [-0.2, -0.15) is 6.57 Å². The maximum Gasteiger partial charge on any atom is 0.188 e. The van der Waals surface area contributed by atoms with Crippen LogP contribution >= 0.6 is 0 Å². The third kappa shape index (κ3) is 2.75. The van der Waals surface area contributed by atoms with Gasteiger partial charge in [0, 0.05) is 18.5 Å². The summed E-state index contributed by atoms with van der Waals surface area (Å²) in [6.07, 6.45) is 1.76. The second-order valence-electron chi connectivity index (χ2n) is 4.43. The summed E-state index contributed by atoms with van der Waals surface area (Å²) in [5, 5.41) is 3.75. The van der Waals surface area contributed by atoms with E-state index in [9.17, 15) is 4.79 Å². The van der Waals surface area contributed by atoms with E-state index in [4.69, 9.17) is 6.57 Å². The van der Waals surface area contributed by atoms with Crippen molar-refractivity contribution >= 4 is 11.6 Å². The molecule has 0 atom stereocenters. The summed E-state index contributed by atoms with van der Waals surface area (Å²) in [6, 6.07) is 7.57. The van der Waals surface area contributed by atoms with Crippen LogP contribution in [0.4, 0.5) is 0 Å². The first-order chi connectivity index (χ1) is 8.70. The molecule has 1 aromatic rings. The summed E-state index contributed by atoms with van der Waals surface area (Å²) in [5.41, 5.74) is 1.86. The Morgan fingerprint density at radius 3 is 2.83 bits per heavy atom. The minimum atomic E-state index is 0.0783. The fraction of sp³-hybridized carbons (Fsp3) is 0.357. The minimum absolute atomic E-state index is 0.0783. The van der Waals surface area contributed by atoms with E-state index in [1.165, 1.54) is 0 Å². The van der Waals surface area contributed by atoms with Crippen LogP contribution in [0.3, 0.4) is 0 Å². The molecule has 4 nitrogen and oxygen atoms in total. The molecule has 1 aliphatic rings. The predicted molar refractivity (Wildman–Crippen MR) is 70.4 cm³/mol. The van der Waals surface area contributed by atoms with Crippen molar-refractivity contribution in [2.45, 2.75) is 19.8 Å². The van der Waals surface area contributed by atoms with Crippen LogP contribution in [0.5, 0.6) is 0 Å². The van der Waals surface area contributed by atoms with Crippen molar-refractivity contribution in [1.29, 1.82) is 0 Å². The standard InChI is InChI=1S/C14H15N3O/c1-11-5-7-12(8-6-11)13(18)10-17-9-3-4-14(17)16-15-2/h5-8H,3-4,9-10H2,1H3/b16-14-. The molecule has 1 saturated heterocycles. The Morgan fingerprint density at radius 2 is 2.17 bits per heavy atom. The van der Waals surface area contributed by atoms with E-state index in [-0.39, 0.29) is 5.78 Å². The summed E-state index contributed by atoms with van der Waals surface area (Å²) in [5.74, 6) is 0.819. The topological polar surface area (TPSA) is 37.0 Å². The minimum Gasteiger partial charge on any atom is -0.347 e. The summed E-state index contributed by atoms with van der Waals surface area (Å²) in [7, 11) is 0. The van der Waals surface area contributed by atoms with Crippen molar-refractivity contribution in [3.05, 3.63) is 46.9 Å². The monoisotopic (exact) mass is 241 g/mol.